The number of aliphatic hydroxyl groups excluding tert-OH is 2. The summed E-state index contributed by atoms with van der Waals surface area (Å²) in [4.78, 5) is 144. The predicted octanol–water partition coefficient (Wildman–Crippen LogP) is -4.90. The number of carbonyl (C=O) groups is 10. The van der Waals surface area contributed by atoms with Gasteiger partial charge in [0.25, 0.3) is 0 Å². The van der Waals surface area contributed by atoms with Crippen LogP contribution in [0.2, 0.25) is 0 Å². The molecular weight excluding hydrogens is 1090 g/mol. The maximum atomic E-state index is 14.6. The van der Waals surface area contributed by atoms with Crippen molar-refractivity contribution in [2.75, 3.05) is 39.3 Å². The number of carbonyl (C=O) groups excluding carboxylic acids is 10. The molecule has 1 aliphatic heterocycles. The van der Waals surface area contributed by atoms with Gasteiger partial charge in [0.05, 0.1) is 24.7 Å². The third kappa shape index (κ3) is 28.5. The van der Waals surface area contributed by atoms with E-state index in [1.807, 2.05) is 0 Å². The van der Waals surface area contributed by atoms with E-state index >= 15 is 0 Å². The van der Waals surface area contributed by atoms with Crippen molar-refractivity contribution in [1.29, 1.82) is 0 Å². The predicted molar refractivity (Wildman–Crippen MR) is 315 cm³/mol. The topological polar surface area (TPSA) is 500 Å². The first-order valence-electron chi connectivity index (χ1n) is 29.2. The Bertz CT molecular complexity index is 2280. The van der Waals surface area contributed by atoms with Gasteiger partial charge in [0.15, 0.2) is 5.96 Å². The van der Waals surface area contributed by atoms with Gasteiger partial charge in [-0.15, -0.1) is 0 Å². The summed E-state index contributed by atoms with van der Waals surface area (Å²) in [7, 11) is 0. The molecule has 0 unspecified atom stereocenters. The Hall–Kier alpha value is -7.05. The van der Waals surface area contributed by atoms with Crippen molar-refractivity contribution in [3.05, 3.63) is 35.9 Å². The molecule has 11 atom stereocenters. The fourth-order valence-corrected chi connectivity index (χ4v) is 9.02. The van der Waals surface area contributed by atoms with E-state index in [9.17, 15) is 58.2 Å². The highest BCUT2D eigenvalue weighted by molar-refractivity contribution is 5.98. The first-order chi connectivity index (χ1) is 39.9. The monoisotopic (exact) mass is 1190 g/mol. The van der Waals surface area contributed by atoms with Crippen LogP contribution in [0.25, 0.3) is 0 Å². The average Bonchev–Trinajstić information content (AvgIpc) is 3.58. The number of rotatable bonds is 30. The van der Waals surface area contributed by atoms with E-state index in [-0.39, 0.29) is 96.0 Å². The number of nitrogens with one attached hydrogen (secondary N) is 10. The zero-order chi connectivity index (χ0) is 62.7. The van der Waals surface area contributed by atoms with Crippen molar-refractivity contribution in [2.24, 2.45) is 45.3 Å². The number of guanidine groups is 1. The highest BCUT2D eigenvalue weighted by atomic mass is 16.3. The summed E-state index contributed by atoms with van der Waals surface area (Å²) in [6.45, 7) is 5.97. The molecule has 0 bridgehead atoms. The lowest BCUT2D eigenvalue weighted by atomic mass is 10.00. The molecule has 0 spiro atoms. The van der Waals surface area contributed by atoms with Crippen LogP contribution in [0, 0.1) is 5.92 Å². The number of aliphatic imine (C=N–C) groups is 1. The number of hydrogen-bond donors (Lipinski definition) is 18. The van der Waals surface area contributed by atoms with Crippen molar-refractivity contribution < 1.29 is 58.2 Å². The number of nitrogens with zero attached hydrogens (tertiary/aromatic N) is 1. The van der Waals surface area contributed by atoms with Crippen LogP contribution in [-0.2, 0) is 54.4 Å². The second kappa shape index (κ2) is 40.3. The molecule has 1 aromatic carbocycles. The average molecular weight is 1190 g/mol. The highest BCUT2D eigenvalue weighted by Crippen LogP contribution is 2.13. The van der Waals surface area contributed by atoms with Gasteiger partial charge in [-0.1, -0.05) is 83.2 Å². The molecule has 10 amide bonds. The molecule has 474 valence electrons. The third-order valence-electron chi connectivity index (χ3n) is 13.7. The van der Waals surface area contributed by atoms with Gasteiger partial charge in [-0.3, -0.25) is 52.9 Å². The van der Waals surface area contributed by atoms with Crippen molar-refractivity contribution in [1.82, 2.24) is 53.2 Å². The van der Waals surface area contributed by atoms with Gasteiger partial charge in [0.2, 0.25) is 59.1 Å². The number of benzene rings is 1. The molecular formula is C55H97N17O12. The van der Waals surface area contributed by atoms with E-state index < -0.39 is 139 Å². The molecule has 0 radical (unpaired) electrons. The minimum atomic E-state index is -1.69. The van der Waals surface area contributed by atoms with Crippen molar-refractivity contribution >= 4 is 65.0 Å². The van der Waals surface area contributed by atoms with Crippen molar-refractivity contribution in [3.63, 3.8) is 0 Å². The molecule has 1 aliphatic rings. The van der Waals surface area contributed by atoms with E-state index in [4.69, 9.17) is 34.4 Å². The first-order valence-corrected chi connectivity index (χ1v) is 29.2. The molecule has 0 aromatic heterocycles. The minimum absolute atomic E-state index is 0.000285. The number of nitrogens with two attached hydrogens (primary N) is 6. The lowest BCUT2D eigenvalue weighted by Gasteiger charge is -2.28. The lowest BCUT2D eigenvalue weighted by Crippen LogP contribution is -2.61. The summed E-state index contributed by atoms with van der Waals surface area (Å²) in [6.07, 6.45) is 1.39. The molecule has 0 saturated carbocycles. The largest absolute Gasteiger partial charge is 0.393 e. The fourth-order valence-electron chi connectivity index (χ4n) is 9.02. The Morgan fingerprint density at radius 3 is 1.80 bits per heavy atom. The maximum absolute atomic E-state index is 14.6. The number of aliphatic hydroxyl groups is 2. The quantitative estimate of drug-likeness (QED) is 0.0195. The summed E-state index contributed by atoms with van der Waals surface area (Å²) < 4.78 is 0. The third-order valence-corrected chi connectivity index (χ3v) is 13.7. The van der Waals surface area contributed by atoms with Crippen LogP contribution in [-0.4, -0.2) is 181 Å². The Morgan fingerprint density at radius 2 is 1.21 bits per heavy atom. The van der Waals surface area contributed by atoms with E-state index in [0.717, 1.165) is 25.7 Å². The van der Waals surface area contributed by atoms with Gasteiger partial charge in [-0.05, 0) is 95.8 Å². The standard InChI is InChI=1S/C55H97N17O12/c1-5-6-7-8-12-16-35(74)31-44(75)65-37(18-23-56)47(77)68-40-22-28-63-54(84)45(33(4)73)72-51(81)39(20-25-58)67-50(80)41(21-27-62-46(76)36(59)17-13-26-64-55(60)61)69-52(82)42(29-32(2)3)70-53(83)43(30-34-14-10-9-11-15-34)71-48(78)38(19-24-57)66-49(40)79/h9-11,14-15,32-33,35-43,45,73-74H,5-8,12-13,16-31,56-59H2,1-4H3,(H,62,76)(H,63,84)(H,65,75)(H,66,79)(H,67,80)(H,68,77)(H,69,82)(H,70,83)(H,71,78)(H,72,81)(H4,60,61,64)/t33-,35-,36+,37-,38+,39+,40+,41+,42+,43-,45+/m1/s1. The van der Waals surface area contributed by atoms with Crippen LogP contribution in [0.15, 0.2) is 35.3 Å². The molecule has 2 rings (SSSR count). The Balaban J connectivity index is 2.70. The zero-order valence-corrected chi connectivity index (χ0v) is 49.3. The summed E-state index contributed by atoms with van der Waals surface area (Å²) in [5, 5.41) is 47.4. The van der Waals surface area contributed by atoms with Gasteiger partial charge >= 0.3 is 0 Å². The summed E-state index contributed by atoms with van der Waals surface area (Å²) in [5.74, 6) is -8.96. The molecule has 1 fully saturated rings. The van der Waals surface area contributed by atoms with Gasteiger partial charge in [0, 0.05) is 26.1 Å². The van der Waals surface area contributed by atoms with Crippen LogP contribution in [0.4, 0.5) is 0 Å². The Kier molecular flexibility index (Phi) is 35.0. The minimum Gasteiger partial charge on any atom is -0.393 e. The van der Waals surface area contributed by atoms with Crippen LogP contribution in [0.5, 0.6) is 0 Å². The van der Waals surface area contributed by atoms with Crippen LogP contribution < -0.4 is 87.6 Å². The Morgan fingerprint density at radius 1 is 0.655 bits per heavy atom. The summed E-state index contributed by atoms with van der Waals surface area (Å²) in [6, 6.07) is -4.23. The normalized spacial score (nSPS) is 22.2. The number of hydrogen-bond acceptors (Lipinski definition) is 17. The van der Waals surface area contributed by atoms with Crippen LogP contribution in [0.3, 0.4) is 0 Å². The van der Waals surface area contributed by atoms with Gasteiger partial charge in [-0.2, -0.15) is 0 Å². The van der Waals surface area contributed by atoms with Crippen LogP contribution >= 0.6 is 0 Å². The van der Waals surface area contributed by atoms with E-state index in [2.05, 4.69) is 65.1 Å². The molecule has 0 aliphatic carbocycles. The van der Waals surface area contributed by atoms with E-state index in [0.29, 0.717) is 24.8 Å². The molecule has 29 nitrogen and oxygen atoms in total. The first kappa shape index (κ1) is 73.1. The van der Waals surface area contributed by atoms with Crippen molar-refractivity contribution in [3.8, 4) is 0 Å². The second-order valence-corrected chi connectivity index (χ2v) is 21.5. The van der Waals surface area contributed by atoms with Crippen molar-refractivity contribution in [2.45, 2.75) is 197 Å². The SMILES string of the molecule is CCCCCCC[C@@H](O)CC(=O)N[C@H](CCN)C(=O)N[C@H]1CCNC(=O)[C@H]([C@@H](C)O)NC(=O)[C@H](CCN)NC(=O)[C@H](CCNC(=O)[C@@H](N)CCCN=C(N)N)NC(=O)[C@H](CC(C)C)NC(=O)[C@@H](Cc2ccccc2)NC(=O)[C@H](CCN)NC1=O. The van der Waals surface area contributed by atoms with E-state index in [1.165, 1.54) is 6.92 Å². The molecule has 1 aromatic rings. The molecule has 29 heteroatoms. The highest BCUT2D eigenvalue weighted by Gasteiger charge is 2.36. The lowest BCUT2D eigenvalue weighted by molar-refractivity contribution is -0.136. The molecule has 84 heavy (non-hydrogen) atoms. The number of amides is 10. The maximum Gasteiger partial charge on any atom is 0.245 e. The summed E-state index contributed by atoms with van der Waals surface area (Å²) in [5.41, 5.74) is 35.2. The zero-order valence-electron chi connectivity index (χ0n) is 49.3. The summed E-state index contributed by atoms with van der Waals surface area (Å²) >= 11 is 0. The second-order valence-electron chi connectivity index (χ2n) is 21.5. The Labute approximate surface area is 492 Å². The molecule has 1 heterocycles. The van der Waals surface area contributed by atoms with E-state index in [1.54, 1.807) is 44.2 Å². The van der Waals surface area contributed by atoms with Crippen LogP contribution in [0.1, 0.15) is 130 Å². The van der Waals surface area contributed by atoms with Gasteiger partial charge < -0.3 is 97.8 Å². The molecule has 1 saturated heterocycles. The number of unbranched alkanes of at least 4 members (excludes halogenated alkanes) is 4. The van der Waals surface area contributed by atoms with Gasteiger partial charge in [-0.25, -0.2) is 0 Å². The fraction of sp³-hybridized carbons (Fsp3) is 0.691. The molecule has 24 N–H and O–H groups in total. The van der Waals surface area contributed by atoms with Gasteiger partial charge in [0.1, 0.15) is 48.3 Å². The smallest absolute Gasteiger partial charge is 0.245 e.